The van der Waals surface area contributed by atoms with E-state index in [0.29, 0.717) is 0 Å². The Kier molecular flexibility index (Phi) is 23.0. The van der Waals surface area contributed by atoms with Gasteiger partial charge in [-0.3, -0.25) is 0 Å². The predicted octanol–water partition coefficient (Wildman–Crippen LogP) is -7.37. The Morgan fingerprint density at radius 1 is 0.706 bits per heavy atom. The first-order valence-corrected chi connectivity index (χ1v) is 2.96. The summed E-state index contributed by atoms with van der Waals surface area (Å²) in [5.74, 6) is -7.30. The fraction of sp³-hybridized carbons (Fsp3) is 0. The van der Waals surface area contributed by atoms with Gasteiger partial charge in [0, 0.05) is 0 Å². The molecule has 0 aliphatic carbocycles. The average molecular weight is 280 g/mol. The molecule has 0 spiro atoms. The summed E-state index contributed by atoms with van der Waals surface area (Å²) in [6, 6.07) is 0. The second-order valence-corrected chi connectivity index (χ2v) is 1.55. The fourth-order valence-corrected chi connectivity index (χ4v) is 0. The molecule has 0 aromatic carbocycles. The largest absolute Gasteiger partial charge is 1.00 e. The van der Waals surface area contributed by atoms with Gasteiger partial charge in [0.2, 0.25) is 0 Å². The van der Waals surface area contributed by atoms with E-state index in [-0.39, 0.29) is 51.4 Å². The van der Waals surface area contributed by atoms with Crippen molar-refractivity contribution in [3.8, 4) is 0 Å². The molecule has 6 N–H and O–H groups in total. The van der Waals surface area contributed by atoms with Crippen molar-refractivity contribution in [2.45, 2.75) is 0 Å². The van der Waals surface area contributed by atoms with Gasteiger partial charge >= 0.3 is 82.6 Å². The molecule has 0 aliphatic rings. The van der Waals surface area contributed by atoms with E-state index in [0.717, 1.165) is 0 Å². The maximum absolute atomic E-state index is 9.10. The van der Waals surface area contributed by atoms with E-state index >= 15 is 0 Å². The molecule has 0 aromatic heterocycles. The van der Waals surface area contributed by atoms with Crippen LogP contribution in [0.3, 0.4) is 0 Å². The number of hydrogen-bond acceptors (Lipinski definition) is 7. The molecular weight excluding hydrogens is 274 g/mol. The molecule has 0 unspecified atom stereocenters. The summed E-state index contributed by atoms with van der Waals surface area (Å²) in [4.78, 5) is 36.4. The number of carboxylic acid groups (broad SMARTS) is 4. The zero-order chi connectivity index (χ0) is 13.9. The van der Waals surface area contributed by atoms with Gasteiger partial charge in [0.25, 0.3) is 0 Å². The summed E-state index contributed by atoms with van der Waals surface area (Å²) >= 11 is 0. The number of aliphatic carboxylic acids is 4. The van der Waals surface area contributed by atoms with E-state index < -0.39 is 31.2 Å². The standard InChI is InChI=1S/2C2H2O4.BH2O3.K/c2*3-1(4)2(5)6;2-1(3)4;/h2*(H,3,4)(H,5,6);2-3H;/q;;-1;+1. The number of carboxylic acids is 4. The Hall–Kier alpha value is -0.539. The van der Waals surface area contributed by atoms with Gasteiger partial charge in [-0.25, -0.2) is 19.2 Å². The third-order valence-electron chi connectivity index (χ3n) is 0.366. The molecule has 0 amide bonds. The monoisotopic (exact) mass is 280 g/mol. The molecule has 0 aromatic rings. The minimum Gasteiger partial charge on any atom is -0.832 e. The zero-order valence-corrected chi connectivity index (χ0v) is 11.4. The van der Waals surface area contributed by atoms with Gasteiger partial charge in [-0.15, -0.1) is 0 Å². The molecule has 0 saturated heterocycles. The Bertz CT molecular complexity index is 211. The first-order valence-electron chi connectivity index (χ1n) is 2.96. The Labute approximate surface area is 136 Å². The van der Waals surface area contributed by atoms with Crippen LogP contribution in [0.1, 0.15) is 0 Å². The van der Waals surface area contributed by atoms with Crippen LogP contribution in [0.5, 0.6) is 0 Å². The minimum absolute atomic E-state index is 0. The van der Waals surface area contributed by atoms with Gasteiger partial charge in [-0.1, -0.05) is 0 Å². The molecule has 0 aliphatic heterocycles. The average Bonchev–Trinajstić information content (AvgIpc) is 2.03. The first-order chi connectivity index (χ1) is 7.02. The Morgan fingerprint density at radius 3 is 0.765 bits per heavy atom. The van der Waals surface area contributed by atoms with Gasteiger partial charge in [0.15, 0.2) is 0 Å². The summed E-state index contributed by atoms with van der Waals surface area (Å²) in [5, 5.41) is 52.3. The second-order valence-electron chi connectivity index (χ2n) is 1.55. The van der Waals surface area contributed by atoms with Crippen molar-refractivity contribution >= 4 is 31.2 Å². The summed E-state index contributed by atoms with van der Waals surface area (Å²) in [7, 11) is -2.42. The second kappa shape index (κ2) is 15.5. The van der Waals surface area contributed by atoms with Gasteiger partial charge in [0.1, 0.15) is 0 Å². The van der Waals surface area contributed by atoms with E-state index in [1.807, 2.05) is 0 Å². The number of carbonyl (C=O) groups is 4. The van der Waals surface area contributed by atoms with Crippen LogP contribution in [0, 0.1) is 0 Å². The minimum atomic E-state index is -2.42. The molecule has 0 rings (SSSR count). The smallest absolute Gasteiger partial charge is 0.832 e. The van der Waals surface area contributed by atoms with Crippen molar-refractivity contribution in [3.05, 3.63) is 0 Å². The fourth-order valence-electron chi connectivity index (χ4n) is 0. The van der Waals surface area contributed by atoms with Crippen LogP contribution in [-0.2, 0) is 19.2 Å². The molecule has 0 radical (unpaired) electrons. The molecule has 17 heavy (non-hydrogen) atoms. The van der Waals surface area contributed by atoms with Crippen LogP contribution in [0.4, 0.5) is 0 Å². The summed E-state index contributed by atoms with van der Waals surface area (Å²) < 4.78 is 0. The molecule has 0 atom stereocenters. The summed E-state index contributed by atoms with van der Waals surface area (Å²) in [6.07, 6.45) is 0. The third kappa shape index (κ3) is 50.3. The van der Waals surface area contributed by atoms with Crippen molar-refractivity contribution in [2.24, 2.45) is 0 Å². The van der Waals surface area contributed by atoms with Crippen molar-refractivity contribution in [2.75, 3.05) is 0 Å². The maximum atomic E-state index is 9.10. The molecule has 11 nitrogen and oxygen atoms in total. The number of hydrogen-bond donors (Lipinski definition) is 6. The Balaban J connectivity index is -0.0000000741. The van der Waals surface area contributed by atoms with Crippen molar-refractivity contribution in [1.82, 2.24) is 0 Å². The first kappa shape index (κ1) is 25.3. The SMILES string of the molecule is O=C(O)C(=O)O.O=C(O)C(=O)O.[K+].[O-]B(O)O. The van der Waals surface area contributed by atoms with Crippen molar-refractivity contribution in [3.63, 3.8) is 0 Å². The number of rotatable bonds is 0. The van der Waals surface area contributed by atoms with Crippen LogP contribution in [0.2, 0.25) is 0 Å². The third-order valence-corrected chi connectivity index (χ3v) is 0.366. The van der Waals surface area contributed by atoms with Crippen molar-refractivity contribution in [1.29, 1.82) is 0 Å². The van der Waals surface area contributed by atoms with Crippen molar-refractivity contribution < 1.29 is 106 Å². The van der Waals surface area contributed by atoms with Gasteiger partial charge in [-0.2, -0.15) is 0 Å². The molecule has 0 saturated carbocycles. The van der Waals surface area contributed by atoms with Crippen LogP contribution in [-0.4, -0.2) is 61.7 Å². The Morgan fingerprint density at radius 2 is 0.765 bits per heavy atom. The van der Waals surface area contributed by atoms with E-state index in [2.05, 4.69) is 0 Å². The van der Waals surface area contributed by atoms with Gasteiger partial charge in [-0.05, 0) is 0 Å². The molecule has 0 bridgehead atoms. The summed E-state index contributed by atoms with van der Waals surface area (Å²) in [6.45, 7) is 0. The van der Waals surface area contributed by atoms with E-state index in [1.54, 1.807) is 0 Å². The predicted molar refractivity (Wildman–Crippen MR) is 40.7 cm³/mol. The van der Waals surface area contributed by atoms with Crippen LogP contribution in [0.15, 0.2) is 0 Å². The van der Waals surface area contributed by atoms with E-state index in [4.69, 9.17) is 54.7 Å². The maximum Gasteiger partial charge on any atom is 1.00 e. The molecular formula is C4H6BKO11. The zero-order valence-electron chi connectivity index (χ0n) is 8.30. The van der Waals surface area contributed by atoms with Crippen LogP contribution >= 0.6 is 0 Å². The normalized spacial score (nSPS) is 6.76. The van der Waals surface area contributed by atoms with E-state index in [9.17, 15) is 0 Å². The topological polar surface area (TPSA) is 213 Å². The quantitative estimate of drug-likeness (QED) is 0.181. The molecule has 13 heteroatoms. The molecule has 92 valence electrons. The molecule has 0 heterocycles. The van der Waals surface area contributed by atoms with Crippen LogP contribution < -0.4 is 56.4 Å². The summed E-state index contributed by atoms with van der Waals surface area (Å²) in [5.41, 5.74) is 0. The van der Waals surface area contributed by atoms with Gasteiger partial charge in [0.05, 0.1) is 0 Å². The van der Waals surface area contributed by atoms with E-state index in [1.165, 1.54) is 0 Å². The van der Waals surface area contributed by atoms with Crippen LogP contribution in [0.25, 0.3) is 0 Å². The van der Waals surface area contributed by atoms with Gasteiger partial charge < -0.3 is 35.5 Å². The molecule has 0 fully saturated rings.